The number of thioether (sulfide) groups is 1. The van der Waals surface area contributed by atoms with Crippen LogP contribution in [-0.4, -0.2) is 38.5 Å². The molecule has 0 aliphatic heterocycles. The first-order valence-corrected chi connectivity index (χ1v) is 10.6. The number of ether oxygens (including phenoxy) is 1. The van der Waals surface area contributed by atoms with Crippen molar-refractivity contribution >= 4 is 23.4 Å². The summed E-state index contributed by atoms with van der Waals surface area (Å²) >= 11 is 1.32. The summed E-state index contributed by atoms with van der Waals surface area (Å²) in [6, 6.07) is 19.1. The van der Waals surface area contributed by atoms with E-state index in [9.17, 15) is 4.79 Å². The molecular formula is C23H21N5O2S. The monoisotopic (exact) mass is 431 g/mol. The van der Waals surface area contributed by atoms with Gasteiger partial charge in [0, 0.05) is 23.6 Å². The minimum Gasteiger partial charge on any atom is -0.495 e. The van der Waals surface area contributed by atoms with Gasteiger partial charge in [0.1, 0.15) is 5.75 Å². The number of para-hydroxylation sites is 3. The van der Waals surface area contributed by atoms with Crippen molar-refractivity contribution < 1.29 is 9.53 Å². The maximum Gasteiger partial charge on any atom is 0.234 e. The molecule has 0 saturated carbocycles. The summed E-state index contributed by atoms with van der Waals surface area (Å²) in [7, 11) is 1.62. The van der Waals surface area contributed by atoms with Crippen LogP contribution in [0.3, 0.4) is 0 Å². The molecule has 2 heterocycles. The molecule has 0 bridgehead atoms. The van der Waals surface area contributed by atoms with Gasteiger partial charge in [-0.2, -0.15) is 0 Å². The van der Waals surface area contributed by atoms with Crippen molar-refractivity contribution in [2.75, 3.05) is 18.2 Å². The minimum absolute atomic E-state index is 0.112. The average Bonchev–Trinajstić information content (AvgIpc) is 3.23. The molecule has 31 heavy (non-hydrogen) atoms. The number of carbonyl (C=O) groups is 1. The highest BCUT2D eigenvalue weighted by Gasteiger charge is 2.19. The Hall–Kier alpha value is -3.65. The highest BCUT2D eigenvalue weighted by Crippen LogP contribution is 2.32. The fourth-order valence-electron chi connectivity index (χ4n) is 3.11. The third kappa shape index (κ3) is 4.59. The van der Waals surface area contributed by atoms with E-state index in [2.05, 4.69) is 20.5 Å². The molecule has 8 heteroatoms. The predicted octanol–water partition coefficient (Wildman–Crippen LogP) is 4.38. The van der Waals surface area contributed by atoms with E-state index in [4.69, 9.17) is 4.74 Å². The fraction of sp³-hybridized carbons (Fsp3) is 0.130. The van der Waals surface area contributed by atoms with Crippen LogP contribution in [0, 0.1) is 6.92 Å². The molecule has 2 aromatic carbocycles. The van der Waals surface area contributed by atoms with Crippen LogP contribution in [0.2, 0.25) is 0 Å². The van der Waals surface area contributed by atoms with Gasteiger partial charge in [-0.1, -0.05) is 42.1 Å². The molecule has 0 fully saturated rings. The highest BCUT2D eigenvalue weighted by molar-refractivity contribution is 7.99. The van der Waals surface area contributed by atoms with Crippen LogP contribution in [0.15, 0.2) is 78.2 Å². The number of aromatic nitrogens is 4. The maximum absolute atomic E-state index is 12.6. The van der Waals surface area contributed by atoms with Crippen molar-refractivity contribution in [3.8, 4) is 22.8 Å². The van der Waals surface area contributed by atoms with Crippen molar-refractivity contribution in [1.29, 1.82) is 0 Å². The quantitative estimate of drug-likeness (QED) is 0.438. The van der Waals surface area contributed by atoms with Crippen LogP contribution >= 0.6 is 11.8 Å². The van der Waals surface area contributed by atoms with Crippen LogP contribution < -0.4 is 10.1 Å². The number of anilines is 1. The molecule has 156 valence electrons. The van der Waals surface area contributed by atoms with E-state index in [0.29, 0.717) is 16.7 Å². The number of aryl methyl sites for hydroxylation is 1. The Bertz CT molecular complexity index is 1190. The van der Waals surface area contributed by atoms with Gasteiger partial charge in [0.15, 0.2) is 11.0 Å². The molecule has 0 radical (unpaired) electrons. The molecule has 0 spiro atoms. The van der Waals surface area contributed by atoms with E-state index in [1.165, 1.54) is 11.8 Å². The van der Waals surface area contributed by atoms with Crippen LogP contribution in [0.4, 0.5) is 5.69 Å². The lowest BCUT2D eigenvalue weighted by atomic mass is 10.2. The largest absolute Gasteiger partial charge is 0.495 e. The van der Waals surface area contributed by atoms with E-state index >= 15 is 0 Å². The van der Waals surface area contributed by atoms with Crippen LogP contribution in [0.25, 0.3) is 17.1 Å². The summed E-state index contributed by atoms with van der Waals surface area (Å²) in [5.41, 5.74) is 3.48. The van der Waals surface area contributed by atoms with Crippen molar-refractivity contribution in [3.05, 3.63) is 78.6 Å². The predicted molar refractivity (Wildman–Crippen MR) is 122 cm³/mol. The fourth-order valence-corrected chi connectivity index (χ4v) is 3.86. The minimum atomic E-state index is -0.112. The van der Waals surface area contributed by atoms with Gasteiger partial charge >= 0.3 is 0 Å². The molecule has 4 aromatic rings. The summed E-state index contributed by atoms with van der Waals surface area (Å²) in [4.78, 5) is 16.6. The first kappa shape index (κ1) is 20.6. The number of benzene rings is 2. The molecule has 0 aliphatic rings. The molecule has 0 unspecified atom stereocenters. The summed E-state index contributed by atoms with van der Waals surface area (Å²) in [5.74, 6) is 1.41. The number of nitrogens with zero attached hydrogens (tertiary/aromatic N) is 4. The Kier molecular flexibility index (Phi) is 6.28. The van der Waals surface area contributed by atoms with E-state index in [0.717, 1.165) is 22.5 Å². The number of hydrogen-bond donors (Lipinski definition) is 1. The van der Waals surface area contributed by atoms with Gasteiger partial charge in [0.2, 0.25) is 5.91 Å². The Labute approximate surface area is 184 Å². The van der Waals surface area contributed by atoms with Crippen molar-refractivity contribution in [3.63, 3.8) is 0 Å². The number of amides is 1. The summed E-state index contributed by atoms with van der Waals surface area (Å²) in [5, 5.41) is 12.3. The summed E-state index contributed by atoms with van der Waals surface area (Å²) in [6.07, 6.45) is 3.41. The molecule has 1 amide bonds. The average molecular weight is 432 g/mol. The first-order valence-electron chi connectivity index (χ1n) is 9.65. The number of carbonyl (C=O) groups excluding carboxylic acids is 1. The number of hydrogen-bond acceptors (Lipinski definition) is 6. The summed E-state index contributed by atoms with van der Waals surface area (Å²) < 4.78 is 7.46. The van der Waals surface area contributed by atoms with Crippen LogP contribution in [0.5, 0.6) is 5.75 Å². The second-order valence-electron chi connectivity index (χ2n) is 6.70. The number of pyridine rings is 1. The van der Waals surface area contributed by atoms with Crippen LogP contribution in [0.1, 0.15) is 5.56 Å². The third-order valence-electron chi connectivity index (χ3n) is 4.65. The van der Waals surface area contributed by atoms with Crippen LogP contribution in [-0.2, 0) is 4.79 Å². The molecule has 1 N–H and O–H groups in total. The Balaban J connectivity index is 1.64. The smallest absolute Gasteiger partial charge is 0.234 e. The highest BCUT2D eigenvalue weighted by atomic mass is 32.2. The number of methoxy groups -OCH3 is 1. The molecular weight excluding hydrogens is 410 g/mol. The van der Waals surface area contributed by atoms with Gasteiger partial charge in [-0.25, -0.2) is 0 Å². The Morgan fingerprint density at radius 3 is 2.55 bits per heavy atom. The van der Waals surface area contributed by atoms with Gasteiger partial charge in [-0.05, 0) is 42.8 Å². The lowest BCUT2D eigenvalue weighted by molar-refractivity contribution is -0.113. The van der Waals surface area contributed by atoms with Gasteiger partial charge in [0.05, 0.1) is 18.6 Å². The third-order valence-corrected chi connectivity index (χ3v) is 5.58. The van der Waals surface area contributed by atoms with Gasteiger partial charge < -0.3 is 10.1 Å². The van der Waals surface area contributed by atoms with E-state index in [1.807, 2.05) is 72.2 Å². The zero-order chi connectivity index (χ0) is 21.6. The first-order chi connectivity index (χ1) is 15.2. The van der Waals surface area contributed by atoms with Crippen molar-refractivity contribution in [2.24, 2.45) is 0 Å². The topological polar surface area (TPSA) is 81.9 Å². The molecule has 0 atom stereocenters. The van der Waals surface area contributed by atoms with Gasteiger partial charge in [0.25, 0.3) is 0 Å². The SMILES string of the molecule is COc1ccccc1-n1c(SCC(=O)Nc2ccccc2C)nnc1-c1ccncc1. The number of rotatable bonds is 7. The van der Waals surface area contributed by atoms with Crippen molar-refractivity contribution in [1.82, 2.24) is 19.7 Å². The lowest BCUT2D eigenvalue weighted by Crippen LogP contribution is -2.15. The van der Waals surface area contributed by atoms with Gasteiger partial charge in [-0.15, -0.1) is 10.2 Å². The molecule has 7 nitrogen and oxygen atoms in total. The van der Waals surface area contributed by atoms with E-state index < -0.39 is 0 Å². The summed E-state index contributed by atoms with van der Waals surface area (Å²) in [6.45, 7) is 1.96. The Morgan fingerprint density at radius 1 is 1.03 bits per heavy atom. The van der Waals surface area contributed by atoms with Crippen molar-refractivity contribution in [2.45, 2.75) is 12.1 Å². The number of nitrogens with one attached hydrogen (secondary N) is 1. The van der Waals surface area contributed by atoms with Gasteiger partial charge in [-0.3, -0.25) is 14.3 Å². The standard InChI is InChI=1S/C23H21N5O2S/c1-16-7-3-4-8-18(16)25-21(29)15-31-23-27-26-22(17-11-13-24-14-12-17)28(23)19-9-5-6-10-20(19)30-2/h3-14H,15H2,1-2H3,(H,25,29). The molecule has 2 aromatic heterocycles. The molecule has 0 aliphatic carbocycles. The van der Waals surface area contributed by atoms with E-state index in [1.54, 1.807) is 19.5 Å². The zero-order valence-electron chi connectivity index (χ0n) is 17.1. The molecule has 0 saturated heterocycles. The zero-order valence-corrected chi connectivity index (χ0v) is 18.0. The maximum atomic E-state index is 12.6. The second kappa shape index (κ2) is 9.44. The van der Waals surface area contributed by atoms with E-state index in [-0.39, 0.29) is 11.7 Å². The lowest BCUT2D eigenvalue weighted by Gasteiger charge is -2.14. The normalized spacial score (nSPS) is 10.6. The Morgan fingerprint density at radius 2 is 1.77 bits per heavy atom. The molecule has 4 rings (SSSR count). The second-order valence-corrected chi connectivity index (χ2v) is 7.64.